The summed E-state index contributed by atoms with van der Waals surface area (Å²) >= 11 is 0. The van der Waals surface area contributed by atoms with Crippen molar-refractivity contribution in [3.05, 3.63) is 52.8 Å². The van der Waals surface area contributed by atoms with Gasteiger partial charge in [0.15, 0.2) is 0 Å². The Balaban J connectivity index is 1.75. The molecule has 6 nitrogen and oxygen atoms in total. The second kappa shape index (κ2) is 9.96. The highest BCUT2D eigenvalue weighted by molar-refractivity contribution is 5.94. The smallest absolute Gasteiger partial charge is 0.251 e. The Morgan fingerprint density at radius 1 is 1.16 bits per heavy atom. The van der Waals surface area contributed by atoms with E-state index in [2.05, 4.69) is 16.5 Å². The molecule has 2 aromatic rings. The molecule has 0 saturated carbocycles. The van der Waals surface area contributed by atoms with Crippen molar-refractivity contribution in [2.24, 2.45) is 0 Å². The maximum atomic E-state index is 12.1. The van der Waals surface area contributed by atoms with Crippen molar-refractivity contribution in [1.82, 2.24) is 15.1 Å². The van der Waals surface area contributed by atoms with E-state index in [4.69, 9.17) is 9.47 Å². The quantitative estimate of drug-likeness (QED) is 0.671. The topological polar surface area (TPSA) is 65.4 Å². The molecule has 0 atom stereocenters. The molecule has 0 radical (unpaired) electrons. The minimum atomic E-state index is -0.0606. The molecule has 1 heterocycles. The first kappa shape index (κ1) is 19.1. The zero-order valence-electron chi connectivity index (χ0n) is 15.2. The van der Waals surface area contributed by atoms with Crippen LogP contribution in [0.15, 0.2) is 30.3 Å². The van der Waals surface area contributed by atoms with E-state index in [1.807, 2.05) is 42.8 Å². The Morgan fingerprint density at radius 2 is 1.92 bits per heavy atom. The number of carbonyl (C=O) groups excluding carboxylic acids is 1. The normalized spacial score (nSPS) is 10.8. The molecule has 1 N–H and O–H groups in total. The molecule has 0 aliphatic carbocycles. The van der Waals surface area contributed by atoms with E-state index in [0.29, 0.717) is 38.5 Å². The lowest BCUT2D eigenvalue weighted by Crippen LogP contribution is -2.25. The van der Waals surface area contributed by atoms with Gasteiger partial charge in [0, 0.05) is 31.5 Å². The largest absolute Gasteiger partial charge is 0.382 e. The number of carbonyl (C=O) groups is 1. The fraction of sp³-hybridized carbons (Fsp3) is 0.474. The van der Waals surface area contributed by atoms with E-state index < -0.39 is 0 Å². The molecular formula is C19H27N3O3. The lowest BCUT2D eigenvalue weighted by atomic mass is 10.1. The fourth-order valence-corrected chi connectivity index (χ4v) is 2.49. The molecule has 0 spiro atoms. The molecule has 1 aromatic heterocycles. The number of hydrogen-bond donors (Lipinski definition) is 1. The molecular weight excluding hydrogens is 318 g/mol. The van der Waals surface area contributed by atoms with Crippen LogP contribution in [0.25, 0.3) is 0 Å². The van der Waals surface area contributed by atoms with Gasteiger partial charge < -0.3 is 14.8 Å². The molecule has 0 bridgehead atoms. The van der Waals surface area contributed by atoms with Crippen molar-refractivity contribution in [2.75, 3.05) is 33.5 Å². The Bertz CT molecular complexity index is 665. The van der Waals surface area contributed by atoms with Gasteiger partial charge in [0.25, 0.3) is 5.91 Å². The van der Waals surface area contributed by atoms with Crippen LogP contribution in [0.5, 0.6) is 0 Å². The molecule has 1 aromatic carbocycles. The molecule has 0 aliphatic rings. The number of hydrogen-bond acceptors (Lipinski definition) is 4. The lowest BCUT2D eigenvalue weighted by Gasteiger charge is -2.08. The van der Waals surface area contributed by atoms with Gasteiger partial charge in [-0.2, -0.15) is 5.10 Å². The highest BCUT2D eigenvalue weighted by Crippen LogP contribution is 2.09. The Hall–Kier alpha value is -2.18. The van der Waals surface area contributed by atoms with Crippen molar-refractivity contribution in [3.8, 4) is 0 Å². The van der Waals surface area contributed by atoms with Crippen molar-refractivity contribution < 1.29 is 14.3 Å². The summed E-state index contributed by atoms with van der Waals surface area (Å²) in [7, 11) is 1.64. The molecule has 0 saturated heterocycles. The first-order valence-electron chi connectivity index (χ1n) is 8.55. The highest BCUT2D eigenvalue weighted by atomic mass is 16.5. The fourth-order valence-electron chi connectivity index (χ4n) is 2.49. The van der Waals surface area contributed by atoms with Crippen LogP contribution in [-0.4, -0.2) is 49.2 Å². The number of aryl methyl sites for hydroxylation is 2. The van der Waals surface area contributed by atoms with E-state index in [0.717, 1.165) is 23.4 Å². The Labute approximate surface area is 149 Å². The third-order valence-electron chi connectivity index (χ3n) is 3.83. The molecule has 25 heavy (non-hydrogen) atoms. The minimum absolute atomic E-state index is 0.0606. The van der Waals surface area contributed by atoms with Gasteiger partial charge in [-0.1, -0.05) is 12.1 Å². The van der Waals surface area contributed by atoms with Crippen molar-refractivity contribution >= 4 is 5.91 Å². The van der Waals surface area contributed by atoms with Crippen LogP contribution in [0.3, 0.4) is 0 Å². The third-order valence-corrected chi connectivity index (χ3v) is 3.83. The second-order valence-electron chi connectivity index (χ2n) is 6.00. The van der Waals surface area contributed by atoms with Gasteiger partial charge in [0.2, 0.25) is 0 Å². The van der Waals surface area contributed by atoms with Gasteiger partial charge in [0.05, 0.1) is 25.5 Å². The standard InChI is InChI=1S/C19H27N3O3/c1-15-13-16(2)22(21-15)14-17-5-7-18(8-6-17)19(23)20-9-4-10-25-12-11-24-3/h5-8,13H,4,9-12,14H2,1-3H3,(H,20,23). The van der Waals surface area contributed by atoms with Crippen LogP contribution in [-0.2, 0) is 16.0 Å². The molecule has 136 valence electrons. The summed E-state index contributed by atoms with van der Waals surface area (Å²) in [4.78, 5) is 12.1. The molecule has 0 aliphatic heterocycles. The minimum Gasteiger partial charge on any atom is -0.382 e. The van der Waals surface area contributed by atoms with Gasteiger partial charge in [-0.05, 0) is 44.0 Å². The van der Waals surface area contributed by atoms with E-state index in [9.17, 15) is 4.79 Å². The Kier molecular flexibility index (Phi) is 7.63. The number of benzene rings is 1. The van der Waals surface area contributed by atoms with Crippen LogP contribution in [0.4, 0.5) is 0 Å². The summed E-state index contributed by atoms with van der Waals surface area (Å²) in [6.07, 6.45) is 0.783. The number of methoxy groups -OCH3 is 1. The number of nitrogens with zero attached hydrogens (tertiary/aromatic N) is 2. The van der Waals surface area contributed by atoms with Crippen molar-refractivity contribution in [1.29, 1.82) is 0 Å². The summed E-state index contributed by atoms with van der Waals surface area (Å²) in [5.41, 5.74) is 3.93. The van der Waals surface area contributed by atoms with E-state index >= 15 is 0 Å². The zero-order valence-corrected chi connectivity index (χ0v) is 15.2. The number of amides is 1. The van der Waals surface area contributed by atoms with E-state index in [-0.39, 0.29) is 5.91 Å². The van der Waals surface area contributed by atoms with E-state index in [1.54, 1.807) is 7.11 Å². The summed E-state index contributed by atoms with van der Waals surface area (Å²) < 4.78 is 12.2. The zero-order chi connectivity index (χ0) is 18.1. The number of rotatable bonds is 10. The Morgan fingerprint density at radius 3 is 2.56 bits per heavy atom. The number of aromatic nitrogens is 2. The van der Waals surface area contributed by atoms with Gasteiger partial charge in [-0.25, -0.2) is 0 Å². The number of ether oxygens (including phenoxy) is 2. The summed E-state index contributed by atoms with van der Waals surface area (Å²) in [5, 5.41) is 7.36. The number of nitrogens with one attached hydrogen (secondary N) is 1. The predicted molar refractivity (Wildman–Crippen MR) is 96.9 cm³/mol. The van der Waals surface area contributed by atoms with E-state index in [1.165, 1.54) is 0 Å². The third kappa shape index (κ3) is 6.32. The van der Waals surface area contributed by atoms with Crippen LogP contribution < -0.4 is 5.32 Å². The second-order valence-corrected chi connectivity index (χ2v) is 6.00. The average Bonchev–Trinajstić information content (AvgIpc) is 2.91. The predicted octanol–water partition coefficient (Wildman–Crippen LogP) is 2.33. The van der Waals surface area contributed by atoms with Crippen LogP contribution in [0.1, 0.15) is 33.7 Å². The average molecular weight is 345 g/mol. The van der Waals surface area contributed by atoms with Gasteiger partial charge in [-0.3, -0.25) is 9.48 Å². The molecule has 0 fully saturated rings. The van der Waals surface area contributed by atoms with Gasteiger partial charge in [-0.15, -0.1) is 0 Å². The molecule has 0 unspecified atom stereocenters. The van der Waals surface area contributed by atoms with Crippen molar-refractivity contribution in [3.63, 3.8) is 0 Å². The van der Waals surface area contributed by atoms with Crippen molar-refractivity contribution in [2.45, 2.75) is 26.8 Å². The van der Waals surface area contributed by atoms with Gasteiger partial charge >= 0.3 is 0 Å². The summed E-state index contributed by atoms with van der Waals surface area (Å²) in [6.45, 7) is 7.13. The highest BCUT2D eigenvalue weighted by Gasteiger charge is 2.06. The maximum Gasteiger partial charge on any atom is 0.251 e. The SMILES string of the molecule is COCCOCCCNC(=O)c1ccc(Cn2nc(C)cc2C)cc1. The summed E-state index contributed by atoms with van der Waals surface area (Å²) in [5.74, 6) is -0.0606. The molecule has 2 rings (SSSR count). The molecule has 1 amide bonds. The van der Waals surface area contributed by atoms with Gasteiger partial charge in [0.1, 0.15) is 0 Å². The first-order chi connectivity index (χ1) is 12.1. The first-order valence-corrected chi connectivity index (χ1v) is 8.55. The maximum absolute atomic E-state index is 12.1. The van der Waals surface area contributed by atoms with Crippen LogP contribution in [0.2, 0.25) is 0 Å². The van der Waals surface area contributed by atoms with Crippen LogP contribution >= 0.6 is 0 Å². The van der Waals surface area contributed by atoms with Crippen LogP contribution in [0, 0.1) is 13.8 Å². The lowest BCUT2D eigenvalue weighted by molar-refractivity contribution is 0.0688. The molecule has 6 heteroatoms. The summed E-state index contributed by atoms with van der Waals surface area (Å²) in [6, 6.07) is 9.70. The monoisotopic (exact) mass is 345 g/mol.